The number of allylic oxidation sites excluding steroid dienone is 1. The highest BCUT2D eigenvalue weighted by Gasteiger charge is 2.37. The molecule has 0 bridgehead atoms. The van der Waals surface area contributed by atoms with E-state index in [0.29, 0.717) is 15.6 Å². The van der Waals surface area contributed by atoms with Crippen LogP contribution in [-0.4, -0.2) is 39.7 Å². The third-order valence-corrected chi connectivity index (χ3v) is 5.57. The first-order chi connectivity index (χ1) is 11.4. The lowest BCUT2D eigenvalue weighted by molar-refractivity contribution is -0.538. The summed E-state index contributed by atoms with van der Waals surface area (Å²) < 4.78 is 2.46. The molecule has 1 amide bonds. The minimum Gasteiger partial charge on any atom is -0.309 e. The Kier molecular flexibility index (Phi) is 5.03. The zero-order valence-electron chi connectivity index (χ0n) is 14.2. The van der Waals surface area contributed by atoms with Gasteiger partial charge >= 0.3 is 0 Å². The van der Waals surface area contributed by atoms with Gasteiger partial charge in [0.2, 0.25) is 0 Å². The molecule has 2 aliphatic rings. The number of carbonyl (C=O) groups excluding carboxylic acids is 1. The van der Waals surface area contributed by atoms with E-state index in [0.717, 1.165) is 19.5 Å². The number of rotatable bonds is 1. The number of halogens is 2. The second-order valence-corrected chi connectivity index (χ2v) is 7.96. The van der Waals surface area contributed by atoms with Crippen LogP contribution in [0.15, 0.2) is 30.5 Å². The summed E-state index contributed by atoms with van der Waals surface area (Å²) in [5, 5.41) is 0.865. The summed E-state index contributed by atoms with van der Waals surface area (Å²) in [5.74, 6) is -0.0486. The molecule has 1 aromatic carbocycles. The third kappa shape index (κ3) is 3.52. The van der Waals surface area contributed by atoms with Crippen LogP contribution in [0, 0.1) is 0 Å². The molecule has 1 fully saturated rings. The number of hydrogen-bond donors (Lipinski definition) is 0. The molecule has 0 spiro atoms. The van der Waals surface area contributed by atoms with Crippen molar-refractivity contribution in [2.24, 2.45) is 0 Å². The number of amides is 1. The lowest BCUT2D eigenvalue weighted by Crippen LogP contribution is -2.49. The van der Waals surface area contributed by atoms with Crippen LogP contribution in [-0.2, 0) is 0 Å². The highest BCUT2D eigenvalue weighted by atomic mass is 35.5. The largest absolute Gasteiger partial charge is 0.309 e. The van der Waals surface area contributed by atoms with Crippen LogP contribution in [0.2, 0.25) is 10.0 Å². The van der Waals surface area contributed by atoms with E-state index in [1.807, 2.05) is 6.20 Å². The predicted octanol–water partition coefficient (Wildman–Crippen LogP) is 4.77. The molecule has 0 atom stereocenters. The lowest BCUT2D eigenvalue weighted by atomic mass is 9.90. The molecule has 0 N–H and O–H groups in total. The Morgan fingerprint density at radius 3 is 2.46 bits per heavy atom. The summed E-state index contributed by atoms with van der Waals surface area (Å²) in [6.07, 6.45) is 8.69. The molecule has 128 valence electrons. The summed E-state index contributed by atoms with van der Waals surface area (Å²) in [6.45, 7) is 6.46. The summed E-state index contributed by atoms with van der Waals surface area (Å²) >= 11 is 12.0. The molecule has 0 saturated carbocycles. The number of benzene rings is 1. The van der Waals surface area contributed by atoms with Gasteiger partial charge in [0.25, 0.3) is 5.91 Å². The molecule has 0 unspecified atom stereocenters. The molecule has 2 heterocycles. The quantitative estimate of drug-likeness (QED) is 0.657. The topological polar surface area (TPSA) is 23.3 Å². The maximum absolute atomic E-state index is 12.9. The highest BCUT2D eigenvalue weighted by molar-refractivity contribution is 6.42. The van der Waals surface area contributed by atoms with Gasteiger partial charge in [-0.05, 0) is 38.5 Å². The standard InChI is InChI=1S/C19H23Cl2N2O/c1-19(2)13-15(22-9-4-3-5-10-22)8-11-23(19)18(24)14-6-7-16(20)17(21)12-14/h6-8,11-12H,3-5,9-10,13H2,1-2H3/q+1. The van der Waals surface area contributed by atoms with Gasteiger partial charge in [0.1, 0.15) is 13.1 Å². The molecule has 3 nitrogen and oxygen atoms in total. The van der Waals surface area contributed by atoms with E-state index in [4.69, 9.17) is 23.2 Å². The fourth-order valence-electron chi connectivity index (χ4n) is 3.46. The molecule has 0 radical (unpaired) electrons. The molecule has 5 heteroatoms. The van der Waals surface area contributed by atoms with Gasteiger partial charge in [0, 0.05) is 30.7 Å². The Morgan fingerprint density at radius 1 is 1.12 bits per heavy atom. The van der Waals surface area contributed by atoms with Crippen molar-refractivity contribution in [2.45, 2.75) is 45.1 Å². The van der Waals surface area contributed by atoms with Gasteiger partial charge in [-0.15, -0.1) is 0 Å². The first-order valence-electron chi connectivity index (χ1n) is 8.46. The van der Waals surface area contributed by atoms with E-state index in [-0.39, 0.29) is 11.4 Å². The second kappa shape index (κ2) is 6.89. The maximum Gasteiger partial charge on any atom is 0.258 e. The van der Waals surface area contributed by atoms with Crippen LogP contribution in [0.1, 0.15) is 49.9 Å². The number of carbonyl (C=O) groups is 1. The maximum atomic E-state index is 12.9. The van der Waals surface area contributed by atoms with Gasteiger partial charge in [0.05, 0.1) is 22.0 Å². The molecule has 1 saturated heterocycles. The first kappa shape index (κ1) is 17.5. The van der Waals surface area contributed by atoms with Crippen LogP contribution >= 0.6 is 23.2 Å². The summed E-state index contributed by atoms with van der Waals surface area (Å²) in [4.78, 5) is 14.7. The molecular weight excluding hydrogens is 343 g/mol. The van der Waals surface area contributed by atoms with E-state index in [9.17, 15) is 4.79 Å². The van der Waals surface area contributed by atoms with Crippen molar-refractivity contribution in [3.8, 4) is 0 Å². The van der Waals surface area contributed by atoms with Crippen LogP contribution < -0.4 is 0 Å². The second-order valence-electron chi connectivity index (χ2n) is 7.15. The van der Waals surface area contributed by atoms with Gasteiger partial charge in [0.15, 0.2) is 5.71 Å². The van der Waals surface area contributed by atoms with E-state index in [2.05, 4.69) is 24.5 Å². The molecule has 24 heavy (non-hydrogen) atoms. The normalized spacial score (nSPS) is 20.4. The third-order valence-electron chi connectivity index (χ3n) is 4.83. The zero-order valence-corrected chi connectivity index (χ0v) is 15.7. The predicted molar refractivity (Wildman–Crippen MR) is 99.3 cm³/mol. The van der Waals surface area contributed by atoms with Crippen molar-refractivity contribution >= 4 is 34.8 Å². The number of hydrogen-bond acceptors (Lipinski definition) is 1. The van der Waals surface area contributed by atoms with Crippen molar-refractivity contribution in [2.75, 3.05) is 13.1 Å². The van der Waals surface area contributed by atoms with E-state index < -0.39 is 0 Å². The monoisotopic (exact) mass is 365 g/mol. The number of piperidine rings is 1. The van der Waals surface area contributed by atoms with Crippen molar-refractivity contribution in [3.63, 3.8) is 0 Å². The summed E-state index contributed by atoms with van der Waals surface area (Å²) in [5.41, 5.74) is 1.62. The Balaban J connectivity index is 1.88. The van der Waals surface area contributed by atoms with Crippen molar-refractivity contribution in [3.05, 3.63) is 46.1 Å². The first-order valence-corrected chi connectivity index (χ1v) is 9.22. The highest BCUT2D eigenvalue weighted by Crippen LogP contribution is 2.29. The van der Waals surface area contributed by atoms with E-state index >= 15 is 0 Å². The number of nitrogens with zero attached hydrogens (tertiary/aromatic N) is 2. The van der Waals surface area contributed by atoms with Crippen LogP contribution in [0.3, 0.4) is 0 Å². The molecule has 0 aliphatic carbocycles. The van der Waals surface area contributed by atoms with Crippen molar-refractivity contribution in [1.29, 1.82) is 0 Å². The summed E-state index contributed by atoms with van der Waals surface area (Å²) in [7, 11) is 0. The molecule has 0 aromatic heterocycles. The fraction of sp³-hybridized carbons (Fsp3) is 0.474. The van der Waals surface area contributed by atoms with Gasteiger partial charge in [-0.3, -0.25) is 4.79 Å². The minimum atomic E-state index is -0.273. The zero-order chi connectivity index (χ0) is 17.3. The van der Waals surface area contributed by atoms with E-state index in [1.54, 1.807) is 23.1 Å². The smallest absolute Gasteiger partial charge is 0.258 e. The van der Waals surface area contributed by atoms with E-state index in [1.165, 1.54) is 25.0 Å². The van der Waals surface area contributed by atoms with Gasteiger partial charge in [-0.25, -0.2) is 4.58 Å². The summed E-state index contributed by atoms with van der Waals surface area (Å²) in [6, 6.07) is 5.04. The average Bonchev–Trinajstić information content (AvgIpc) is 2.56. The SMILES string of the molecule is CC1(C)CC(=[N+]2CCCCC2)C=CN1C(=O)c1ccc(Cl)c(Cl)c1. The van der Waals surface area contributed by atoms with Gasteiger partial charge < -0.3 is 4.90 Å². The Hall–Kier alpha value is -1.32. The lowest BCUT2D eigenvalue weighted by Gasteiger charge is -2.38. The van der Waals surface area contributed by atoms with Gasteiger partial charge in [-0.1, -0.05) is 23.2 Å². The Bertz CT molecular complexity index is 714. The Labute approximate surface area is 153 Å². The van der Waals surface area contributed by atoms with Crippen molar-refractivity contribution in [1.82, 2.24) is 4.90 Å². The Morgan fingerprint density at radius 2 is 1.83 bits per heavy atom. The molecule has 1 aromatic rings. The van der Waals surface area contributed by atoms with Crippen LogP contribution in [0.5, 0.6) is 0 Å². The molecular formula is C19H23Cl2N2O+. The van der Waals surface area contributed by atoms with Crippen LogP contribution in [0.4, 0.5) is 0 Å². The van der Waals surface area contributed by atoms with Gasteiger partial charge in [-0.2, -0.15) is 0 Å². The molecule has 3 rings (SSSR count). The van der Waals surface area contributed by atoms with Crippen LogP contribution in [0.25, 0.3) is 0 Å². The fourth-order valence-corrected chi connectivity index (χ4v) is 3.76. The van der Waals surface area contributed by atoms with Crippen molar-refractivity contribution < 1.29 is 9.37 Å². The average molecular weight is 366 g/mol. The minimum absolute atomic E-state index is 0.0486. The molecule has 2 aliphatic heterocycles.